The summed E-state index contributed by atoms with van der Waals surface area (Å²) in [7, 11) is 0. The molecule has 156 valence electrons. The number of alkyl halides is 3. The Hall–Kier alpha value is -3.94. The number of carbonyl (C=O) groups is 1. The average molecular weight is 428 g/mol. The maximum Gasteiger partial charge on any atom is 0.450 e. The van der Waals surface area contributed by atoms with Gasteiger partial charge in [0.05, 0.1) is 16.5 Å². The summed E-state index contributed by atoms with van der Waals surface area (Å²) in [5.41, 5.74) is -2.21. The number of hydrogen-bond acceptors (Lipinski definition) is 4. The molecule has 1 aromatic heterocycles. The van der Waals surface area contributed by atoms with Gasteiger partial charge in [0.1, 0.15) is 17.1 Å². The Labute approximate surface area is 172 Å². The van der Waals surface area contributed by atoms with E-state index in [0.29, 0.717) is 0 Å². The fourth-order valence-electron chi connectivity index (χ4n) is 3.09. The van der Waals surface area contributed by atoms with Crippen molar-refractivity contribution in [3.63, 3.8) is 0 Å². The number of rotatable bonds is 3. The molecule has 0 aliphatic carbocycles. The van der Waals surface area contributed by atoms with E-state index in [9.17, 15) is 27.2 Å². The van der Waals surface area contributed by atoms with Gasteiger partial charge in [-0.15, -0.1) is 0 Å². The summed E-state index contributed by atoms with van der Waals surface area (Å²) in [6.07, 6.45) is -4.95. The summed E-state index contributed by atoms with van der Waals surface area (Å²) in [5, 5.41) is -0.127. The van der Waals surface area contributed by atoms with Gasteiger partial charge < -0.3 is 9.15 Å². The summed E-state index contributed by atoms with van der Waals surface area (Å²) in [6, 6.07) is 15.8. The van der Waals surface area contributed by atoms with Crippen LogP contribution in [-0.2, 0) is 6.18 Å². The molecule has 4 rings (SSSR count). The molecule has 0 bridgehead atoms. The van der Waals surface area contributed by atoms with Gasteiger partial charge in [0, 0.05) is 6.07 Å². The quantitative estimate of drug-likeness (QED) is 0.234. The lowest BCUT2D eigenvalue weighted by Crippen LogP contribution is -2.16. The molecule has 0 aliphatic rings. The van der Waals surface area contributed by atoms with Crippen LogP contribution in [0.1, 0.15) is 16.1 Å². The first kappa shape index (κ1) is 20.3. The molecule has 0 fully saturated rings. The second-order valence-electron chi connectivity index (χ2n) is 6.53. The molecule has 0 aliphatic heterocycles. The third-order valence-electron chi connectivity index (χ3n) is 4.49. The summed E-state index contributed by atoms with van der Waals surface area (Å²) >= 11 is 0. The van der Waals surface area contributed by atoms with E-state index in [0.717, 1.165) is 12.1 Å². The number of carbonyl (C=O) groups excluding carboxylic acids is 1. The van der Waals surface area contributed by atoms with Crippen molar-refractivity contribution >= 4 is 16.9 Å². The zero-order valence-electron chi connectivity index (χ0n) is 15.6. The molecule has 8 heteroatoms. The number of halogens is 4. The van der Waals surface area contributed by atoms with Gasteiger partial charge in [-0.05, 0) is 29.8 Å². The Balaban J connectivity index is 1.83. The van der Waals surface area contributed by atoms with Crippen LogP contribution >= 0.6 is 0 Å². The minimum Gasteiger partial charge on any atom is -0.450 e. The van der Waals surface area contributed by atoms with Crippen molar-refractivity contribution in [2.75, 3.05) is 0 Å². The predicted octanol–water partition coefficient (Wildman–Crippen LogP) is 5.84. The predicted molar refractivity (Wildman–Crippen MR) is 104 cm³/mol. The highest BCUT2D eigenvalue weighted by molar-refractivity contribution is 5.92. The molecule has 0 atom stereocenters. The van der Waals surface area contributed by atoms with Crippen molar-refractivity contribution in [3.8, 4) is 16.9 Å². The average Bonchev–Trinajstić information content (AvgIpc) is 2.73. The fraction of sp³-hybridized carbons (Fsp3) is 0.0435. The number of esters is 1. The molecule has 0 N–H and O–H groups in total. The first-order chi connectivity index (χ1) is 14.8. The summed E-state index contributed by atoms with van der Waals surface area (Å²) in [4.78, 5) is 25.0. The maximum atomic E-state index is 13.8. The van der Waals surface area contributed by atoms with E-state index < -0.39 is 40.3 Å². The van der Waals surface area contributed by atoms with Crippen LogP contribution in [0.25, 0.3) is 22.1 Å². The van der Waals surface area contributed by atoms with Crippen molar-refractivity contribution in [3.05, 3.63) is 100 Å². The van der Waals surface area contributed by atoms with Crippen LogP contribution in [-0.4, -0.2) is 5.97 Å². The number of benzene rings is 3. The minimum absolute atomic E-state index is 0.0560. The molecule has 3 aromatic carbocycles. The van der Waals surface area contributed by atoms with Gasteiger partial charge in [-0.1, -0.05) is 42.5 Å². The molecule has 0 radical (unpaired) electrons. The Morgan fingerprint density at radius 1 is 0.903 bits per heavy atom. The second kappa shape index (κ2) is 7.71. The molecular formula is C23H12F4O4. The first-order valence-electron chi connectivity index (χ1n) is 8.96. The van der Waals surface area contributed by atoms with Crippen LogP contribution < -0.4 is 10.2 Å². The lowest BCUT2D eigenvalue weighted by molar-refractivity contribution is -0.152. The minimum atomic E-state index is -4.95. The smallest absolute Gasteiger partial charge is 0.450 e. The van der Waals surface area contributed by atoms with E-state index in [4.69, 9.17) is 9.15 Å². The van der Waals surface area contributed by atoms with Gasteiger partial charge in [0.25, 0.3) is 0 Å². The molecule has 0 spiro atoms. The molecule has 0 amide bonds. The van der Waals surface area contributed by atoms with Crippen molar-refractivity contribution in [2.24, 2.45) is 0 Å². The van der Waals surface area contributed by atoms with E-state index in [1.165, 1.54) is 54.6 Å². The molecule has 0 saturated carbocycles. The number of hydrogen-bond donors (Lipinski definition) is 0. The van der Waals surface area contributed by atoms with Gasteiger partial charge >= 0.3 is 12.1 Å². The van der Waals surface area contributed by atoms with Gasteiger partial charge in [-0.3, -0.25) is 4.79 Å². The molecule has 4 aromatic rings. The molecule has 0 saturated heterocycles. The Bertz CT molecular complexity index is 1340. The van der Waals surface area contributed by atoms with Gasteiger partial charge in [0.2, 0.25) is 11.2 Å². The number of fused-ring (bicyclic) bond motifs is 1. The van der Waals surface area contributed by atoms with Crippen molar-refractivity contribution in [1.29, 1.82) is 0 Å². The van der Waals surface area contributed by atoms with Crippen molar-refractivity contribution < 1.29 is 31.5 Å². The van der Waals surface area contributed by atoms with E-state index in [1.807, 2.05) is 0 Å². The Kier molecular flexibility index (Phi) is 5.06. The topological polar surface area (TPSA) is 56.5 Å². The zero-order valence-corrected chi connectivity index (χ0v) is 15.6. The van der Waals surface area contributed by atoms with Crippen LogP contribution in [0.15, 0.2) is 82.0 Å². The van der Waals surface area contributed by atoms with Crippen LogP contribution in [0, 0.1) is 5.82 Å². The first-order valence-corrected chi connectivity index (χ1v) is 8.96. The monoisotopic (exact) mass is 428 g/mol. The van der Waals surface area contributed by atoms with Crippen molar-refractivity contribution in [2.45, 2.75) is 6.18 Å². The van der Waals surface area contributed by atoms with E-state index in [-0.39, 0.29) is 22.3 Å². The highest BCUT2D eigenvalue weighted by Gasteiger charge is 2.39. The fourth-order valence-corrected chi connectivity index (χ4v) is 3.09. The summed E-state index contributed by atoms with van der Waals surface area (Å²) < 4.78 is 64.8. The van der Waals surface area contributed by atoms with Crippen LogP contribution in [0.2, 0.25) is 0 Å². The molecule has 1 heterocycles. The third-order valence-corrected chi connectivity index (χ3v) is 4.49. The lowest BCUT2D eigenvalue weighted by atomic mass is 10.0. The van der Waals surface area contributed by atoms with Gasteiger partial charge in [-0.2, -0.15) is 13.2 Å². The van der Waals surface area contributed by atoms with Crippen LogP contribution in [0.4, 0.5) is 17.6 Å². The highest BCUT2D eigenvalue weighted by atomic mass is 19.4. The van der Waals surface area contributed by atoms with Gasteiger partial charge in [-0.25, -0.2) is 9.18 Å². The summed E-state index contributed by atoms with van der Waals surface area (Å²) in [6.45, 7) is 0. The van der Waals surface area contributed by atoms with E-state index in [1.54, 1.807) is 6.07 Å². The maximum absolute atomic E-state index is 13.8. The molecular weight excluding hydrogens is 416 g/mol. The van der Waals surface area contributed by atoms with Crippen molar-refractivity contribution in [1.82, 2.24) is 0 Å². The van der Waals surface area contributed by atoms with Crippen LogP contribution in [0.3, 0.4) is 0 Å². The summed E-state index contributed by atoms with van der Waals surface area (Å²) in [5.74, 6) is -3.53. The second-order valence-corrected chi connectivity index (χ2v) is 6.53. The molecule has 4 nitrogen and oxygen atoms in total. The zero-order chi connectivity index (χ0) is 22.2. The largest absolute Gasteiger partial charge is 0.450 e. The Morgan fingerprint density at radius 2 is 1.58 bits per heavy atom. The normalized spacial score (nSPS) is 11.5. The van der Waals surface area contributed by atoms with Gasteiger partial charge in [0.15, 0.2) is 0 Å². The SMILES string of the molecule is O=C(Oc1ccc2c(=O)c(-c3ccccc3)c(C(F)(F)F)oc2c1)c1ccccc1F. The third kappa shape index (κ3) is 3.92. The standard InChI is InChI=1S/C23H12F4O4/c24-17-9-5-4-8-15(17)22(29)30-14-10-11-16-18(12-14)31-21(23(25,26)27)19(20(16)28)13-6-2-1-3-7-13/h1-12H. The van der Waals surface area contributed by atoms with E-state index in [2.05, 4.69) is 0 Å². The Morgan fingerprint density at radius 3 is 2.26 bits per heavy atom. The molecule has 0 unspecified atom stereocenters. The number of ether oxygens (including phenoxy) is 1. The molecule has 31 heavy (non-hydrogen) atoms. The lowest BCUT2D eigenvalue weighted by Gasteiger charge is -2.13. The highest BCUT2D eigenvalue weighted by Crippen LogP contribution is 2.37. The van der Waals surface area contributed by atoms with Crippen LogP contribution in [0.5, 0.6) is 5.75 Å². The van der Waals surface area contributed by atoms with E-state index >= 15 is 0 Å².